The highest BCUT2D eigenvalue weighted by molar-refractivity contribution is 5.80. The third-order valence-corrected chi connectivity index (χ3v) is 2.99. The summed E-state index contributed by atoms with van der Waals surface area (Å²) in [6, 6.07) is 0. The number of ether oxygens (including phenoxy) is 1. The molecule has 0 unspecified atom stereocenters. The smallest absolute Gasteiger partial charge is 0.264 e. The summed E-state index contributed by atoms with van der Waals surface area (Å²) in [6.45, 7) is 10.5. The minimum absolute atomic E-state index is 0.0368. The minimum atomic E-state index is 0.0368. The van der Waals surface area contributed by atoms with Crippen LogP contribution in [0.4, 0.5) is 0 Å². The van der Waals surface area contributed by atoms with Gasteiger partial charge in [-0.3, -0.25) is 4.79 Å². The zero-order valence-electron chi connectivity index (χ0n) is 12.7. The second-order valence-corrected chi connectivity index (χ2v) is 4.07. The van der Waals surface area contributed by atoms with E-state index in [0.29, 0.717) is 0 Å². The van der Waals surface area contributed by atoms with Crippen molar-refractivity contribution in [3.05, 3.63) is 23.1 Å². The van der Waals surface area contributed by atoms with Crippen molar-refractivity contribution in [2.75, 3.05) is 13.7 Å². The van der Waals surface area contributed by atoms with Crippen LogP contribution in [0.15, 0.2) is 23.1 Å². The first-order valence-corrected chi connectivity index (χ1v) is 6.87. The number of allylic oxidation sites excluding steroid dienone is 3. The van der Waals surface area contributed by atoms with Crippen LogP contribution in [0, 0.1) is 0 Å². The van der Waals surface area contributed by atoms with Crippen molar-refractivity contribution in [2.24, 2.45) is 0 Å². The van der Waals surface area contributed by atoms with Gasteiger partial charge in [-0.25, -0.2) is 0 Å². The van der Waals surface area contributed by atoms with Crippen molar-refractivity contribution < 1.29 is 9.53 Å². The maximum atomic E-state index is 11.5. The Balaban J connectivity index is 0.00000137. The molecule has 0 aromatic carbocycles. The van der Waals surface area contributed by atoms with Gasteiger partial charge in [0, 0.05) is 19.9 Å². The number of carbonyl (C=O) groups is 1. The lowest BCUT2D eigenvalue weighted by molar-refractivity contribution is -0.134. The molecule has 18 heavy (non-hydrogen) atoms. The Kier molecular flexibility index (Phi) is 8.17. The largest absolute Gasteiger partial charge is 0.486 e. The van der Waals surface area contributed by atoms with Gasteiger partial charge in [0.1, 0.15) is 5.76 Å². The molecule has 0 aromatic heterocycles. The minimum Gasteiger partial charge on any atom is -0.486 e. The molecule has 0 N–H and O–H groups in total. The third-order valence-electron chi connectivity index (χ3n) is 2.99. The first kappa shape index (κ1) is 16.8. The number of carbonyl (C=O) groups excluding carboxylic acids is 1. The molecule has 1 heterocycles. The number of nitrogens with zero attached hydrogens (tertiary/aromatic N) is 1. The third kappa shape index (κ3) is 4.55. The van der Waals surface area contributed by atoms with Gasteiger partial charge >= 0.3 is 0 Å². The van der Waals surface area contributed by atoms with Crippen LogP contribution in [0.2, 0.25) is 0 Å². The molecular formula is C15H27NO2. The molecule has 0 radical (unpaired) electrons. The second kappa shape index (κ2) is 8.78. The van der Waals surface area contributed by atoms with Crippen molar-refractivity contribution in [2.45, 2.75) is 53.9 Å². The Morgan fingerprint density at radius 2 is 2.00 bits per heavy atom. The zero-order valence-corrected chi connectivity index (χ0v) is 12.7. The van der Waals surface area contributed by atoms with Gasteiger partial charge in [0.25, 0.3) is 5.91 Å². The van der Waals surface area contributed by atoms with Gasteiger partial charge in [0.05, 0.1) is 5.70 Å². The van der Waals surface area contributed by atoms with Crippen LogP contribution >= 0.6 is 0 Å². The Bertz CT molecular complexity index is 329. The molecule has 0 aliphatic carbocycles. The number of hydrogen-bond donors (Lipinski definition) is 0. The molecule has 0 aromatic rings. The molecule has 3 nitrogen and oxygen atoms in total. The van der Waals surface area contributed by atoms with Crippen LogP contribution < -0.4 is 0 Å². The molecule has 0 bridgehead atoms. The van der Waals surface area contributed by atoms with E-state index in [2.05, 4.69) is 26.8 Å². The van der Waals surface area contributed by atoms with Gasteiger partial charge in [-0.1, -0.05) is 39.3 Å². The van der Waals surface area contributed by atoms with Crippen LogP contribution in [0.25, 0.3) is 0 Å². The Morgan fingerprint density at radius 3 is 2.50 bits per heavy atom. The van der Waals surface area contributed by atoms with E-state index in [9.17, 15) is 4.79 Å². The van der Waals surface area contributed by atoms with Crippen LogP contribution in [0.3, 0.4) is 0 Å². The lowest BCUT2D eigenvalue weighted by atomic mass is 10.1. The van der Waals surface area contributed by atoms with E-state index < -0.39 is 0 Å². The van der Waals surface area contributed by atoms with Crippen LogP contribution in [0.5, 0.6) is 0 Å². The molecule has 0 fully saturated rings. The van der Waals surface area contributed by atoms with E-state index in [1.807, 2.05) is 20.9 Å². The van der Waals surface area contributed by atoms with Crippen molar-refractivity contribution in [1.29, 1.82) is 0 Å². The highest BCUT2D eigenvalue weighted by Crippen LogP contribution is 2.23. The predicted molar refractivity (Wildman–Crippen MR) is 76.1 cm³/mol. The average Bonchev–Trinajstić information content (AvgIpc) is 2.42. The van der Waals surface area contributed by atoms with E-state index in [4.69, 9.17) is 4.74 Å². The Morgan fingerprint density at radius 1 is 1.39 bits per heavy atom. The summed E-state index contributed by atoms with van der Waals surface area (Å²) < 4.78 is 5.45. The van der Waals surface area contributed by atoms with Gasteiger partial charge in [-0.15, -0.1) is 0 Å². The normalized spacial score (nSPS) is 16.2. The molecule has 3 heteroatoms. The van der Waals surface area contributed by atoms with E-state index >= 15 is 0 Å². The molecule has 0 saturated heterocycles. The first-order valence-electron chi connectivity index (χ1n) is 6.87. The fraction of sp³-hybridized carbons (Fsp3) is 0.667. The van der Waals surface area contributed by atoms with Crippen molar-refractivity contribution in [1.82, 2.24) is 4.90 Å². The highest BCUT2D eigenvalue weighted by Gasteiger charge is 2.22. The van der Waals surface area contributed by atoms with E-state index in [1.165, 1.54) is 5.57 Å². The Hall–Kier alpha value is -1.25. The summed E-state index contributed by atoms with van der Waals surface area (Å²) in [5.74, 6) is 0.983. The van der Waals surface area contributed by atoms with Gasteiger partial charge in [-0.2, -0.15) is 0 Å². The molecule has 0 atom stereocenters. The molecule has 1 amide bonds. The van der Waals surface area contributed by atoms with E-state index in [1.54, 1.807) is 4.90 Å². The molecule has 0 saturated carbocycles. The quantitative estimate of drug-likeness (QED) is 0.712. The lowest BCUT2D eigenvalue weighted by Crippen LogP contribution is -2.35. The van der Waals surface area contributed by atoms with Gasteiger partial charge < -0.3 is 9.64 Å². The number of likely N-dealkylation sites (N-methyl/N-ethyl adjacent to an activating group) is 1. The van der Waals surface area contributed by atoms with Gasteiger partial charge in [-0.05, 0) is 13.3 Å². The fourth-order valence-corrected chi connectivity index (χ4v) is 1.64. The summed E-state index contributed by atoms with van der Waals surface area (Å²) in [4.78, 5) is 13.3. The SMILES string of the molecule is CC.CCC1=C(C/C=C(\C)CC)N(C)C(=O)CO1. The lowest BCUT2D eigenvalue weighted by Gasteiger charge is -2.28. The average molecular weight is 253 g/mol. The van der Waals surface area contributed by atoms with E-state index in [0.717, 1.165) is 30.7 Å². The van der Waals surface area contributed by atoms with Crippen LogP contribution in [0.1, 0.15) is 53.9 Å². The fourth-order valence-electron chi connectivity index (χ4n) is 1.64. The van der Waals surface area contributed by atoms with Crippen molar-refractivity contribution in [3.63, 3.8) is 0 Å². The maximum Gasteiger partial charge on any atom is 0.264 e. The summed E-state index contributed by atoms with van der Waals surface area (Å²) in [6.07, 6.45) is 4.84. The first-order chi connectivity index (χ1) is 8.60. The predicted octanol–water partition coefficient (Wildman–Crippen LogP) is 3.87. The summed E-state index contributed by atoms with van der Waals surface area (Å²) in [5, 5.41) is 0. The molecule has 104 valence electrons. The topological polar surface area (TPSA) is 29.5 Å². The number of hydrogen-bond acceptors (Lipinski definition) is 2. The second-order valence-electron chi connectivity index (χ2n) is 4.07. The molecular weight excluding hydrogens is 226 g/mol. The molecule has 0 spiro atoms. The zero-order chi connectivity index (χ0) is 14.1. The van der Waals surface area contributed by atoms with E-state index in [-0.39, 0.29) is 12.5 Å². The van der Waals surface area contributed by atoms with Gasteiger partial charge in [0.2, 0.25) is 0 Å². The summed E-state index contributed by atoms with van der Waals surface area (Å²) >= 11 is 0. The van der Waals surface area contributed by atoms with Gasteiger partial charge in [0.15, 0.2) is 6.61 Å². The number of rotatable bonds is 4. The highest BCUT2D eigenvalue weighted by atomic mass is 16.5. The van der Waals surface area contributed by atoms with Crippen molar-refractivity contribution in [3.8, 4) is 0 Å². The van der Waals surface area contributed by atoms with Crippen molar-refractivity contribution >= 4 is 5.91 Å². The summed E-state index contributed by atoms with van der Waals surface area (Å²) in [5.41, 5.74) is 2.35. The van der Waals surface area contributed by atoms with Crippen LogP contribution in [-0.4, -0.2) is 24.5 Å². The summed E-state index contributed by atoms with van der Waals surface area (Å²) in [7, 11) is 1.82. The monoisotopic (exact) mass is 253 g/mol. The standard InChI is InChI=1S/C13H21NO2.C2H6/c1-5-10(3)7-8-11-12(6-2)16-9-13(15)14(11)4;1-2/h7H,5-6,8-9H2,1-4H3;1-2H3/b10-7+;. The number of amides is 1. The molecule has 1 aliphatic heterocycles. The maximum absolute atomic E-state index is 11.5. The molecule has 1 rings (SSSR count). The Labute approximate surface area is 112 Å². The molecule has 1 aliphatic rings. The van der Waals surface area contributed by atoms with Crippen LogP contribution in [-0.2, 0) is 9.53 Å².